The number of aromatic nitrogens is 2. The van der Waals surface area contributed by atoms with Gasteiger partial charge in [0, 0.05) is 18.9 Å². The Hall–Kier alpha value is -1.61. The van der Waals surface area contributed by atoms with Gasteiger partial charge in [0.25, 0.3) is 0 Å². The normalized spacial score (nSPS) is 20.0. The molecule has 0 saturated carbocycles. The van der Waals surface area contributed by atoms with E-state index in [1.54, 1.807) is 5.56 Å². The third-order valence-electron chi connectivity index (χ3n) is 5.84. The summed E-state index contributed by atoms with van der Waals surface area (Å²) in [4.78, 5) is 7.47. The average Bonchev–Trinajstić information content (AvgIpc) is 3.04. The molecule has 3 heteroatoms. The first-order valence-electron chi connectivity index (χ1n) is 9.16. The van der Waals surface area contributed by atoms with E-state index in [9.17, 15) is 0 Å². The van der Waals surface area contributed by atoms with E-state index in [2.05, 4.69) is 46.9 Å². The Morgan fingerprint density at radius 2 is 1.96 bits per heavy atom. The van der Waals surface area contributed by atoms with Gasteiger partial charge < -0.3 is 9.47 Å². The van der Waals surface area contributed by atoms with Crippen molar-refractivity contribution in [2.24, 2.45) is 0 Å². The van der Waals surface area contributed by atoms with Crippen molar-refractivity contribution in [3.8, 4) is 0 Å². The lowest BCUT2D eigenvalue weighted by Crippen LogP contribution is -2.44. The summed E-state index contributed by atoms with van der Waals surface area (Å²) in [7, 11) is 0. The molecule has 23 heavy (non-hydrogen) atoms. The van der Waals surface area contributed by atoms with Crippen LogP contribution in [0, 0.1) is 0 Å². The molecule has 1 spiro atoms. The molecule has 2 aliphatic heterocycles. The molecule has 2 aliphatic rings. The topological polar surface area (TPSA) is 21.1 Å². The Morgan fingerprint density at radius 1 is 1.13 bits per heavy atom. The number of aryl methyl sites for hydroxylation is 2. The van der Waals surface area contributed by atoms with Crippen molar-refractivity contribution in [3.63, 3.8) is 0 Å². The molecule has 0 amide bonds. The van der Waals surface area contributed by atoms with E-state index < -0.39 is 0 Å². The Balaban J connectivity index is 1.71. The summed E-state index contributed by atoms with van der Waals surface area (Å²) in [5.74, 6) is 1.30. The molecule has 1 saturated heterocycles. The zero-order chi connectivity index (χ0) is 15.7. The summed E-state index contributed by atoms with van der Waals surface area (Å²) < 4.78 is 2.40. The molecule has 1 aromatic heterocycles. The smallest absolute Gasteiger partial charge is 0.119 e. The van der Waals surface area contributed by atoms with Gasteiger partial charge >= 0.3 is 0 Å². The summed E-state index contributed by atoms with van der Waals surface area (Å²) in [5, 5.41) is 0. The summed E-state index contributed by atoms with van der Waals surface area (Å²) in [6, 6.07) is 9.09. The number of imidazole rings is 1. The maximum absolute atomic E-state index is 4.82. The van der Waals surface area contributed by atoms with Crippen molar-refractivity contribution < 1.29 is 0 Å². The number of hydrogen-bond donors (Lipinski definition) is 0. The SMILES string of the molecule is CCCCN1CCC2(CC1)c1ccccc1CCn1ccnc12. The van der Waals surface area contributed by atoms with Crippen molar-refractivity contribution in [1.29, 1.82) is 0 Å². The molecule has 4 rings (SSSR count). The molecule has 1 fully saturated rings. The number of unbranched alkanes of at least 4 members (excludes halogenated alkanes) is 1. The first kappa shape index (κ1) is 14.9. The highest BCUT2D eigenvalue weighted by Gasteiger charge is 2.43. The number of rotatable bonds is 3. The molecule has 0 unspecified atom stereocenters. The quantitative estimate of drug-likeness (QED) is 0.863. The van der Waals surface area contributed by atoms with Crippen molar-refractivity contribution in [2.75, 3.05) is 19.6 Å². The molecule has 122 valence electrons. The number of hydrogen-bond acceptors (Lipinski definition) is 2. The zero-order valence-corrected chi connectivity index (χ0v) is 14.2. The monoisotopic (exact) mass is 309 g/mol. The second-order valence-electron chi connectivity index (χ2n) is 7.13. The Kier molecular flexibility index (Phi) is 3.98. The predicted molar refractivity (Wildman–Crippen MR) is 93.7 cm³/mol. The first-order valence-corrected chi connectivity index (χ1v) is 9.16. The van der Waals surface area contributed by atoms with Gasteiger partial charge in [-0.15, -0.1) is 0 Å². The largest absolute Gasteiger partial charge is 0.334 e. The fourth-order valence-electron chi connectivity index (χ4n) is 4.51. The van der Waals surface area contributed by atoms with Gasteiger partial charge in [-0.3, -0.25) is 0 Å². The fourth-order valence-corrected chi connectivity index (χ4v) is 4.51. The molecule has 3 heterocycles. The third kappa shape index (κ3) is 2.51. The summed E-state index contributed by atoms with van der Waals surface area (Å²) in [6.45, 7) is 6.99. The van der Waals surface area contributed by atoms with Crippen LogP contribution in [0.5, 0.6) is 0 Å². The molecule has 0 aliphatic carbocycles. The summed E-state index contributed by atoms with van der Waals surface area (Å²) >= 11 is 0. The molecular formula is C20H27N3. The Labute approximate surface area is 139 Å². The summed E-state index contributed by atoms with van der Waals surface area (Å²) in [5.41, 5.74) is 3.19. The van der Waals surface area contributed by atoms with Crippen LogP contribution in [-0.4, -0.2) is 34.1 Å². The van der Waals surface area contributed by atoms with Gasteiger partial charge in [-0.05, 0) is 56.4 Å². The van der Waals surface area contributed by atoms with E-state index in [-0.39, 0.29) is 5.41 Å². The number of nitrogens with zero attached hydrogens (tertiary/aromatic N) is 3. The minimum absolute atomic E-state index is 0.124. The maximum Gasteiger partial charge on any atom is 0.119 e. The lowest BCUT2D eigenvalue weighted by Gasteiger charge is -2.42. The van der Waals surface area contributed by atoms with Crippen molar-refractivity contribution in [3.05, 3.63) is 53.6 Å². The standard InChI is InChI=1S/C20H27N3/c1-2-3-12-22-14-9-20(10-15-22)18-7-5-4-6-17(18)8-13-23-16-11-21-19(20)23/h4-7,11,16H,2-3,8-10,12-15H2,1H3. The lowest BCUT2D eigenvalue weighted by molar-refractivity contribution is 0.171. The Morgan fingerprint density at radius 3 is 2.78 bits per heavy atom. The molecule has 2 aromatic rings. The molecule has 0 radical (unpaired) electrons. The van der Waals surface area contributed by atoms with Crippen LogP contribution in [0.2, 0.25) is 0 Å². The predicted octanol–water partition coefficient (Wildman–Crippen LogP) is 3.62. The fraction of sp³-hybridized carbons (Fsp3) is 0.550. The highest BCUT2D eigenvalue weighted by molar-refractivity contribution is 5.42. The van der Waals surface area contributed by atoms with Crippen LogP contribution in [0.4, 0.5) is 0 Å². The third-order valence-corrected chi connectivity index (χ3v) is 5.84. The molecule has 1 aromatic carbocycles. The number of piperidine rings is 1. The van der Waals surface area contributed by atoms with Crippen LogP contribution in [-0.2, 0) is 18.4 Å². The van der Waals surface area contributed by atoms with E-state index in [1.165, 1.54) is 56.7 Å². The maximum atomic E-state index is 4.82. The van der Waals surface area contributed by atoms with Gasteiger partial charge in [0.1, 0.15) is 5.82 Å². The zero-order valence-electron chi connectivity index (χ0n) is 14.2. The minimum Gasteiger partial charge on any atom is -0.334 e. The lowest BCUT2D eigenvalue weighted by atomic mass is 9.70. The van der Waals surface area contributed by atoms with Gasteiger partial charge in [-0.2, -0.15) is 0 Å². The van der Waals surface area contributed by atoms with E-state index in [0.717, 1.165) is 13.0 Å². The number of benzene rings is 1. The molecule has 0 N–H and O–H groups in total. The van der Waals surface area contributed by atoms with E-state index in [1.807, 2.05) is 6.20 Å². The highest BCUT2D eigenvalue weighted by Crippen LogP contribution is 2.44. The van der Waals surface area contributed by atoms with Crippen molar-refractivity contribution in [1.82, 2.24) is 14.5 Å². The van der Waals surface area contributed by atoms with E-state index >= 15 is 0 Å². The molecular weight excluding hydrogens is 282 g/mol. The average molecular weight is 309 g/mol. The molecule has 3 nitrogen and oxygen atoms in total. The van der Waals surface area contributed by atoms with Gasteiger partial charge in [-0.1, -0.05) is 37.6 Å². The second-order valence-corrected chi connectivity index (χ2v) is 7.13. The van der Waals surface area contributed by atoms with E-state index in [0.29, 0.717) is 0 Å². The van der Waals surface area contributed by atoms with E-state index in [4.69, 9.17) is 4.98 Å². The van der Waals surface area contributed by atoms with Crippen LogP contribution < -0.4 is 0 Å². The van der Waals surface area contributed by atoms with Gasteiger partial charge in [0.2, 0.25) is 0 Å². The van der Waals surface area contributed by atoms with Crippen LogP contribution >= 0.6 is 0 Å². The molecule has 0 atom stereocenters. The second kappa shape index (κ2) is 6.12. The van der Waals surface area contributed by atoms with Crippen LogP contribution in [0.1, 0.15) is 49.6 Å². The van der Waals surface area contributed by atoms with Crippen LogP contribution in [0.3, 0.4) is 0 Å². The Bertz CT molecular complexity index is 665. The van der Waals surface area contributed by atoms with Crippen molar-refractivity contribution in [2.45, 2.75) is 51.0 Å². The number of fused-ring (bicyclic) bond motifs is 4. The van der Waals surface area contributed by atoms with Gasteiger partial charge in [-0.25, -0.2) is 4.98 Å². The minimum atomic E-state index is 0.124. The number of likely N-dealkylation sites (tertiary alicyclic amines) is 1. The van der Waals surface area contributed by atoms with Crippen molar-refractivity contribution >= 4 is 0 Å². The van der Waals surface area contributed by atoms with Crippen LogP contribution in [0.25, 0.3) is 0 Å². The van der Waals surface area contributed by atoms with Crippen LogP contribution in [0.15, 0.2) is 36.7 Å². The molecule has 0 bridgehead atoms. The first-order chi connectivity index (χ1) is 11.3. The van der Waals surface area contributed by atoms with Gasteiger partial charge in [0.15, 0.2) is 0 Å². The summed E-state index contributed by atoms with van der Waals surface area (Å²) in [6.07, 6.45) is 10.3. The highest BCUT2D eigenvalue weighted by atomic mass is 15.1. The van der Waals surface area contributed by atoms with Gasteiger partial charge in [0.05, 0.1) is 5.41 Å².